The summed E-state index contributed by atoms with van der Waals surface area (Å²) >= 11 is 0. The smallest absolute Gasteiger partial charge is 0.255 e. The van der Waals surface area contributed by atoms with E-state index in [2.05, 4.69) is 10.3 Å². The van der Waals surface area contributed by atoms with E-state index in [9.17, 15) is 9.18 Å². The Kier molecular flexibility index (Phi) is 4.20. The van der Waals surface area contributed by atoms with Crippen molar-refractivity contribution in [2.45, 2.75) is 6.42 Å². The van der Waals surface area contributed by atoms with Gasteiger partial charge >= 0.3 is 0 Å². The molecule has 0 saturated heterocycles. The van der Waals surface area contributed by atoms with Crippen LogP contribution in [0.1, 0.15) is 15.9 Å². The highest BCUT2D eigenvalue weighted by Gasteiger charge is 2.06. The summed E-state index contributed by atoms with van der Waals surface area (Å²) in [4.78, 5) is 15.4. The number of nitrogens with two attached hydrogens (primary N) is 1. The molecule has 1 heterocycles. The molecule has 0 aliphatic carbocycles. The number of nitrogens with one attached hydrogen (secondary N) is 1. The maximum absolute atomic E-state index is 12.6. The Morgan fingerprint density at radius 1 is 1.21 bits per heavy atom. The van der Waals surface area contributed by atoms with E-state index in [0.717, 1.165) is 12.0 Å². The molecule has 2 aromatic rings. The molecule has 19 heavy (non-hydrogen) atoms. The molecule has 98 valence electrons. The first-order chi connectivity index (χ1) is 9.19. The van der Waals surface area contributed by atoms with E-state index >= 15 is 0 Å². The number of halogens is 1. The molecule has 0 unspecified atom stereocenters. The van der Waals surface area contributed by atoms with Crippen LogP contribution in [-0.2, 0) is 6.42 Å². The SMILES string of the molecule is NCCc1ccc(C(=O)Nc2ccc(F)nc2)cc1. The summed E-state index contributed by atoms with van der Waals surface area (Å²) < 4.78 is 12.6. The minimum atomic E-state index is -0.580. The molecule has 0 aliphatic heterocycles. The van der Waals surface area contributed by atoms with E-state index in [-0.39, 0.29) is 5.91 Å². The third-order valence-corrected chi connectivity index (χ3v) is 2.63. The average molecular weight is 259 g/mol. The zero-order valence-corrected chi connectivity index (χ0v) is 10.3. The first-order valence-corrected chi connectivity index (χ1v) is 5.91. The van der Waals surface area contributed by atoms with Crippen molar-refractivity contribution in [3.05, 3.63) is 59.7 Å². The van der Waals surface area contributed by atoms with Crippen molar-refractivity contribution in [3.8, 4) is 0 Å². The molecule has 4 nitrogen and oxygen atoms in total. The third-order valence-electron chi connectivity index (χ3n) is 2.63. The van der Waals surface area contributed by atoms with Gasteiger partial charge < -0.3 is 11.1 Å². The molecule has 0 atom stereocenters. The predicted molar refractivity (Wildman–Crippen MR) is 71.3 cm³/mol. The predicted octanol–water partition coefficient (Wildman–Crippen LogP) is 1.97. The van der Waals surface area contributed by atoms with Gasteiger partial charge in [-0.15, -0.1) is 0 Å². The molecular formula is C14H14FN3O. The van der Waals surface area contributed by atoms with Gasteiger partial charge in [0.1, 0.15) is 0 Å². The van der Waals surface area contributed by atoms with Gasteiger partial charge in [0.05, 0.1) is 11.9 Å². The third kappa shape index (κ3) is 3.59. The van der Waals surface area contributed by atoms with E-state index in [4.69, 9.17) is 5.73 Å². The van der Waals surface area contributed by atoms with Gasteiger partial charge in [0.25, 0.3) is 5.91 Å². The number of pyridine rings is 1. The largest absolute Gasteiger partial charge is 0.330 e. The van der Waals surface area contributed by atoms with E-state index in [1.54, 1.807) is 12.1 Å². The van der Waals surface area contributed by atoms with Gasteiger partial charge in [-0.25, -0.2) is 4.98 Å². The van der Waals surface area contributed by atoms with Crippen LogP contribution in [0, 0.1) is 5.95 Å². The molecule has 3 N–H and O–H groups in total. The summed E-state index contributed by atoms with van der Waals surface area (Å²) in [5, 5.41) is 2.64. The first-order valence-electron chi connectivity index (χ1n) is 5.91. The maximum Gasteiger partial charge on any atom is 0.255 e. The van der Waals surface area contributed by atoms with Crippen LogP contribution >= 0.6 is 0 Å². The van der Waals surface area contributed by atoms with Gasteiger partial charge in [-0.1, -0.05) is 12.1 Å². The Labute approximate surface area is 110 Å². The number of hydrogen-bond donors (Lipinski definition) is 2. The molecule has 1 aromatic heterocycles. The second-order valence-electron chi connectivity index (χ2n) is 4.06. The fourth-order valence-electron chi connectivity index (χ4n) is 1.64. The summed E-state index contributed by atoms with van der Waals surface area (Å²) in [5.41, 5.74) is 7.53. The van der Waals surface area contributed by atoms with E-state index in [1.165, 1.54) is 18.3 Å². The zero-order valence-electron chi connectivity index (χ0n) is 10.3. The Morgan fingerprint density at radius 3 is 2.53 bits per heavy atom. The number of amides is 1. The van der Waals surface area contributed by atoms with Crippen molar-refractivity contribution < 1.29 is 9.18 Å². The lowest BCUT2D eigenvalue weighted by Gasteiger charge is -2.05. The average Bonchev–Trinajstić information content (AvgIpc) is 2.42. The van der Waals surface area contributed by atoms with Gasteiger partial charge in [0, 0.05) is 5.56 Å². The van der Waals surface area contributed by atoms with Gasteiger partial charge in [-0.3, -0.25) is 4.79 Å². The van der Waals surface area contributed by atoms with Crippen molar-refractivity contribution in [2.75, 3.05) is 11.9 Å². The van der Waals surface area contributed by atoms with Crippen molar-refractivity contribution in [1.82, 2.24) is 4.98 Å². The lowest BCUT2D eigenvalue weighted by Crippen LogP contribution is -2.12. The summed E-state index contributed by atoms with van der Waals surface area (Å²) in [6.07, 6.45) is 2.06. The maximum atomic E-state index is 12.6. The standard InChI is InChI=1S/C14H14FN3O/c15-13-6-5-12(9-17-13)18-14(19)11-3-1-10(2-4-11)7-8-16/h1-6,9H,7-8,16H2,(H,18,19). The molecule has 1 aromatic carbocycles. The number of carbonyl (C=O) groups is 1. The lowest BCUT2D eigenvalue weighted by atomic mass is 10.1. The van der Waals surface area contributed by atoms with Gasteiger partial charge in [-0.05, 0) is 42.8 Å². The lowest BCUT2D eigenvalue weighted by molar-refractivity contribution is 0.102. The molecule has 0 radical (unpaired) electrons. The number of benzene rings is 1. The van der Waals surface area contributed by atoms with Crippen LogP contribution in [0.25, 0.3) is 0 Å². The van der Waals surface area contributed by atoms with Crippen LogP contribution < -0.4 is 11.1 Å². The Hall–Kier alpha value is -2.27. The fourth-order valence-corrected chi connectivity index (χ4v) is 1.64. The number of aromatic nitrogens is 1. The van der Waals surface area contributed by atoms with Crippen molar-refractivity contribution in [2.24, 2.45) is 5.73 Å². The number of nitrogens with zero attached hydrogens (tertiary/aromatic N) is 1. The highest BCUT2D eigenvalue weighted by atomic mass is 19.1. The van der Waals surface area contributed by atoms with Crippen molar-refractivity contribution in [3.63, 3.8) is 0 Å². The highest BCUT2D eigenvalue weighted by molar-refractivity contribution is 6.04. The zero-order chi connectivity index (χ0) is 13.7. The van der Waals surface area contributed by atoms with E-state index in [1.807, 2.05) is 12.1 Å². The van der Waals surface area contributed by atoms with Crippen molar-refractivity contribution in [1.29, 1.82) is 0 Å². The quantitative estimate of drug-likeness (QED) is 0.825. The van der Waals surface area contributed by atoms with Crippen LogP contribution in [0.4, 0.5) is 10.1 Å². The topological polar surface area (TPSA) is 68.0 Å². The van der Waals surface area contributed by atoms with Crippen LogP contribution in [0.3, 0.4) is 0 Å². The summed E-state index contributed by atoms with van der Waals surface area (Å²) in [5.74, 6) is -0.836. The Morgan fingerprint density at radius 2 is 1.95 bits per heavy atom. The summed E-state index contributed by atoms with van der Waals surface area (Å²) in [7, 11) is 0. The Balaban J connectivity index is 2.05. The van der Waals surface area contributed by atoms with E-state index in [0.29, 0.717) is 17.8 Å². The van der Waals surface area contributed by atoms with Crippen molar-refractivity contribution >= 4 is 11.6 Å². The minimum Gasteiger partial charge on any atom is -0.330 e. The van der Waals surface area contributed by atoms with Crippen LogP contribution in [0.5, 0.6) is 0 Å². The highest BCUT2D eigenvalue weighted by Crippen LogP contribution is 2.10. The Bertz CT molecular complexity index is 552. The molecule has 1 amide bonds. The second-order valence-corrected chi connectivity index (χ2v) is 4.06. The number of carbonyl (C=O) groups excluding carboxylic acids is 1. The normalized spacial score (nSPS) is 10.2. The van der Waals surface area contributed by atoms with Crippen LogP contribution in [0.15, 0.2) is 42.6 Å². The number of anilines is 1. The molecule has 5 heteroatoms. The monoisotopic (exact) mass is 259 g/mol. The fraction of sp³-hybridized carbons (Fsp3) is 0.143. The molecule has 0 spiro atoms. The molecule has 0 bridgehead atoms. The van der Waals surface area contributed by atoms with Crippen LogP contribution in [0.2, 0.25) is 0 Å². The number of hydrogen-bond acceptors (Lipinski definition) is 3. The molecule has 0 fully saturated rings. The molecule has 0 aliphatic rings. The van der Waals surface area contributed by atoms with Gasteiger partial charge in [-0.2, -0.15) is 4.39 Å². The first kappa shape index (κ1) is 13.2. The molecular weight excluding hydrogens is 245 g/mol. The number of rotatable bonds is 4. The van der Waals surface area contributed by atoms with Gasteiger partial charge in [0.15, 0.2) is 0 Å². The summed E-state index contributed by atoms with van der Waals surface area (Å²) in [6, 6.07) is 9.85. The summed E-state index contributed by atoms with van der Waals surface area (Å²) in [6.45, 7) is 0.576. The molecule has 2 rings (SSSR count). The molecule has 0 saturated carbocycles. The van der Waals surface area contributed by atoms with Gasteiger partial charge in [0.2, 0.25) is 5.95 Å². The second kappa shape index (κ2) is 6.06. The van der Waals surface area contributed by atoms with E-state index < -0.39 is 5.95 Å². The van der Waals surface area contributed by atoms with Crippen LogP contribution in [-0.4, -0.2) is 17.4 Å². The minimum absolute atomic E-state index is 0.257.